The molecule has 0 nitrogen and oxygen atoms in total. The molecule has 0 atom stereocenters. The van der Waals surface area contributed by atoms with Gasteiger partial charge in [-0.25, -0.2) is 0 Å². The Labute approximate surface area is 93.0 Å². The standard InChI is InChI=1S/C14H18Si/c1-11-9-10-14(15(2,3)4)13-8-6-5-7-12(11)13/h5-10H,1-4H3. The van der Waals surface area contributed by atoms with Crippen molar-refractivity contribution in [2.75, 3.05) is 0 Å². The fourth-order valence-corrected chi connectivity index (χ4v) is 3.71. The van der Waals surface area contributed by atoms with Gasteiger partial charge in [-0.2, -0.15) is 0 Å². The molecule has 0 heterocycles. The second-order valence-electron chi connectivity index (χ2n) is 5.23. The predicted octanol–water partition coefficient (Wildman–Crippen LogP) is 3.69. The predicted molar refractivity (Wildman–Crippen MR) is 71.7 cm³/mol. The zero-order valence-corrected chi connectivity index (χ0v) is 11.0. The van der Waals surface area contributed by atoms with E-state index in [2.05, 4.69) is 63.0 Å². The first-order valence-electron chi connectivity index (χ1n) is 5.49. The summed E-state index contributed by atoms with van der Waals surface area (Å²) in [4.78, 5) is 0. The summed E-state index contributed by atoms with van der Waals surface area (Å²) < 4.78 is 0. The Balaban J connectivity index is 2.84. The SMILES string of the molecule is Cc1ccc([Si](C)(C)C)c2ccccc12. The van der Waals surface area contributed by atoms with E-state index >= 15 is 0 Å². The Bertz CT molecular complexity index is 492. The Kier molecular flexibility index (Phi) is 2.43. The number of hydrogen-bond acceptors (Lipinski definition) is 0. The number of rotatable bonds is 1. The van der Waals surface area contributed by atoms with E-state index in [-0.39, 0.29) is 0 Å². The third kappa shape index (κ3) is 1.84. The molecule has 0 aliphatic heterocycles. The van der Waals surface area contributed by atoms with Crippen LogP contribution in [0.3, 0.4) is 0 Å². The van der Waals surface area contributed by atoms with Gasteiger partial charge in [0.25, 0.3) is 0 Å². The molecule has 0 spiro atoms. The van der Waals surface area contributed by atoms with E-state index in [9.17, 15) is 0 Å². The minimum absolute atomic E-state index is 1.22. The van der Waals surface area contributed by atoms with Gasteiger partial charge in [-0.15, -0.1) is 0 Å². The average Bonchev–Trinajstić information content (AvgIpc) is 2.17. The van der Waals surface area contributed by atoms with Crippen LogP contribution in [0.2, 0.25) is 19.6 Å². The molecule has 1 heteroatoms. The van der Waals surface area contributed by atoms with Gasteiger partial charge in [0.05, 0.1) is 8.07 Å². The molecule has 78 valence electrons. The highest BCUT2D eigenvalue weighted by Gasteiger charge is 2.18. The lowest BCUT2D eigenvalue weighted by atomic mass is 10.1. The van der Waals surface area contributed by atoms with E-state index in [1.54, 1.807) is 5.19 Å². The van der Waals surface area contributed by atoms with Gasteiger partial charge in [-0.05, 0) is 23.3 Å². The summed E-state index contributed by atoms with van der Waals surface area (Å²) in [7, 11) is -1.22. The van der Waals surface area contributed by atoms with Gasteiger partial charge in [0, 0.05) is 0 Å². The smallest absolute Gasteiger partial charge is 0.0656 e. The second-order valence-corrected chi connectivity index (χ2v) is 10.3. The number of aryl methyl sites for hydroxylation is 1. The number of benzene rings is 2. The Morgan fingerprint density at radius 2 is 1.40 bits per heavy atom. The van der Waals surface area contributed by atoms with Crippen LogP contribution in [0.5, 0.6) is 0 Å². The van der Waals surface area contributed by atoms with Gasteiger partial charge >= 0.3 is 0 Å². The zero-order chi connectivity index (χ0) is 11.1. The summed E-state index contributed by atoms with van der Waals surface area (Å²) in [6.07, 6.45) is 0. The Hall–Kier alpha value is -1.08. The molecule has 0 N–H and O–H groups in total. The fourth-order valence-electron chi connectivity index (χ4n) is 2.10. The van der Waals surface area contributed by atoms with E-state index in [1.807, 2.05) is 0 Å². The van der Waals surface area contributed by atoms with Crippen LogP contribution in [-0.2, 0) is 0 Å². The summed E-state index contributed by atoms with van der Waals surface area (Å²) >= 11 is 0. The lowest BCUT2D eigenvalue weighted by molar-refractivity contribution is 1.53. The van der Waals surface area contributed by atoms with E-state index in [0.717, 1.165) is 0 Å². The third-order valence-corrected chi connectivity index (χ3v) is 5.00. The molecule has 0 saturated carbocycles. The van der Waals surface area contributed by atoms with Crippen LogP contribution in [0.1, 0.15) is 5.56 Å². The van der Waals surface area contributed by atoms with Crippen molar-refractivity contribution in [2.24, 2.45) is 0 Å². The minimum Gasteiger partial charge on any atom is -0.0656 e. The minimum atomic E-state index is -1.22. The van der Waals surface area contributed by atoms with E-state index in [0.29, 0.717) is 0 Å². The lowest BCUT2D eigenvalue weighted by Gasteiger charge is -2.20. The molecular formula is C14H18Si. The summed E-state index contributed by atoms with van der Waals surface area (Å²) in [5, 5.41) is 4.44. The molecule has 0 aliphatic carbocycles. The Morgan fingerprint density at radius 3 is 2.00 bits per heavy atom. The average molecular weight is 214 g/mol. The lowest BCUT2D eigenvalue weighted by Crippen LogP contribution is -2.38. The maximum Gasteiger partial charge on any atom is 0.0784 e. The third-order valence-electron chi connectivity index (χ3n) is 2.95. The molecule has 0 aromatic heterocycles. The molecule has 0 fully saturated rings. The highest BCUT2D eigenvalue weighted by molar-refractivity contribution is 6.90. The van der Waals surface area contributed by atoms with Crippen LogP contribution in [0.25, 0.3) is 10.8 Å². The highest BCUT2D eigenvalue weighted by Crippen LogP contribution is 2.19. The zero-order valence-electron chi connectivity index (χ0n) is 9.96. The van der Waals surface area contributed by atoms with Crippen LogP contribution in [0.15, 0.2) is 36.4 Å². The van der Waals surface area contributed by atoms with Crippen molar-refractivity contribution in [2.45, 2.75) is 26.6 Å². The quantitative estimate of drug-likeness (QED) is 0.635. The summed E-state index contributed by atoms with van der Waals surface area (Å²) in [5.41, 5.74) is 1.38. The van der Waals surface area contributed by atoms with Gasteiger partial charge in [0.2, 0.25) is 0 Å². The van der Waals surface area contributed by atoms with Crippen molar-refractivity contribution in [3.63, 3.8) is 0 Å². The Morgan fingerprint density at radius 1 is 0.800 bits per heavy atom. The molecule has 0 amide bonds. The maximum atomic E-state index is 2.41. The molecule has 0 unspecified atom stereocenters. The molecular weight excluding hydrogens is 196 g/mol. The molecule has 0 radical (unpaired) electrons. The van der Waals surface area contributed by atoms with Gasteiger partial charge in [0.15, 0.2) is 0 Å². The van der Waals surface area contributed by atoms with Crippen molar-refractivity contribution < 1.29 is 0 Å². The summed E-state index contributed by atoms with van der Waals surface area (Å²) in [6, 6.07) is 13.3. The molecule has 0 aliphatic rings. The maximum absolute atomic E-state index is 2.41. The van der Waals surface area contributed by atoms with Crippen molar-refractivity contribution >= 4 is 24.0 Å². The molecule has 0 bridgehead atoms. The summed E-state index contributed by atoms with van der Waals surface area (Å²) in [5.74, 6) is 0. The van der Waals surface area contributed by atoms with Gasteiger partial charge in [0.1, 0.15) is 0 Å². The molecule has 2 rings (SSSR count). The van der Waals surface area contributed by atoms with Crippen LogP contribution >= 0.6 is 0 Å². The fraction of sp³-hybridized carbons (Fsp3) is 0.286. The second kappa shape index (κ2) is 3.49. The van der Waals surface area contributed by atoms with E-state index in [1.165, 1.54) is 16.3 Å². The largest absolute Gasteiger partial charge is 0.0784 e. The van der Waals surface area contributed by atoms with Crippen LogP contribution in [0.4, 0.5) is 0 Å². The normalized spacial score (nSPS) is 12.0. The highest BCUT2D eigenvalue weighted by atomic mass is 28.3. The van der Waals surface area contributed by atoms with Crippen molar-refractivity contribution in [3.05, 3.63) is 42.0 Å². The van der Waals surface area contributed by atoms with Gasteiger partial charge < -0.3 is 0 Å². The van der Waals surface area contributed by atoms with E-state index in [4.69, 9.17) is 0 Å². The van der Waals surface area contributed by atoms with Crippen LogP contribution < -0.4 is 5.19 Å². The first-order chi connectivity index (χ1) is 7.00. The monoisotopic (exact) mass is 214 g/mol. The van der Waals surface area contributed by atoms with Gasteiger partial charge in [-0.1, -0.05) is 61.2 Å². The van der Waals surface area contributed by atoms with Crippen molar-refractivity contribution in [1.82, 2.24) is 0 Å². The van der Waals surface area contributed by atoms with Crippen molar-refractivity contribution in [3.8, 4) is 0 Å². The van der Waals surface area contributed by atoms with Crippen molar-refractivity contribution in [1.29, 1.82) is 0 Å². The van der Waals surface area contributed by atoms with Crippen LogP contribution in [-0.4, -0.2) is 8.07 Å². The first-order valence-corrected chi connectivity index (χ1v) is 8.99. The summed E-state index contributed by atoms with van der Waals surface area (Å²) in [6.45, 7) is 9.41. The first kappa shape index (κ1) is 10.4. The number of hydrogen-bond donors (Lipinski definition) is 0. The van der Waals surface area contributed by atoms with Gasteiger partial charge in [-0.3, -0.25) is 0 Å². The molecule has 15 heavy (non-hydrogen) atoms. The van der Waals surface area contributed by atoms with Crippen LogP contribution in [0, 0.1) is 6.92 Å². The topological polar surface area (TPSA) is 0 Å². The molecule has 2 aromatic carbocycles. The van der Waals surface area contributed by atoms with E-state index < -0.39 is 8.07 Å². The molecule has 2 aromatic rings. The molecule has 0 saturated heterocycles. The number of fused-ring (bicyclic) bond motifs is 1.